The molecule has 0 saturated heterocycles. The standard InChI is InChI=1S/C15H14ClN3O/c16-11-6-5-10(8-17)14(7-11)19-9-15(20)18-12-3-1-2-4-13(12)19/h1-7H,8-9,17H2,(H,18,20). The molecule has 0 radical (unpaired) electrons. The van der Waals surface area contributed by atoms with Crippen LogP contribution in [0.15, 0.2) is 42.5 Å². The minimum absolute atomic E-state index is 0.0494. The van der Waals surface area contributed by atoms with Gasteiger partial charge >= 0.3 is 0 Å². The second-order valence-corrected chi connectivity index (χ2v) is 5.07. The number of carbonyl (C=O) groups is 1. The van der Waals surface area contributed by atoms with Crippen LogP contribution in [0.3, 0.4) is 0 Å². The summed E-state index contributed by atoms with van der Waals surface area (Å²) in [6.45, 7) is 0.650. The Morgan fingerprint density at radius 1 is 1.20 bits per heavy atom. The molecule has 0 bridgehead atoms. The van der Waals surface area contributed by atoms with Gasteiger partial charge in [-0.15, -0.1) is 0 Å². The fourth-order valence-electron chi connectivity index (χ4n) is 2.41. The van der Waals surface area contributed by atoms with E-state index in [0.717, 1.165) is 22.6 Å². The van der Waals surface area contributed by atoms with Gasteiger partial charge in [-0.2, -0.15) is 0 Å². The van der Waals surface area contributed by atoms with Crippen LogP contribution in [0, 0.1) is 0 Å². The number of nitrogens with two attached hydrogens (primary N) is 1. The number of hydrogen-bond donors (Lipinski definition) is 2. The molecular formula is C15H14ClN3O. The van der Waals surface area contributed by atoms with Gasteiger partial charge in [-0.3, -0.25) is 4.79 Å². The third-order valence-corrected chi connectivity index (χ3v) is 3.56. The number of fused-ring (bicyclic) bond motifs is 1. The van der Waals surface area contributed by atoms with Crippen molar-refractivity contribution in [1.82, 2.24) is 0 Å². The summed E-state index contributed by atoms with van der Waals surface area (Å²) in [7, 11) is 0. The molecule has 2 aromatic carbocycles. The Morgan fingerprint density at radius 3 is 2.80 bits per heavy atom. The van der Waals surface area contributed by atoms with E-state index in [4.69, 9.17) is 17.3 Å². The minimum Gasteiger partial charge on any atom is -0.330 e. The fourth-order valence-corrected chi connectivity index (χ4v) is 2.58. The maximum atomic E-state index is 11.9. The molecule has 20 heavy (non-hydrogen) atoms. The van der Waals surface area contributed by atoms with Crippen LogP contribution in [-0.4, -0.2) is 12.5 Å². The summed E-state index contributed by atoms with van der Waals surface area (Å²) in [5.41, 5.74) is 9.37. The first-order valence-electron chi connectivity index (χ1n) is 6.34. The highest BCUT2D eigenvalue weighted by Gasteiger charge is 2.24. The van der Waals surface area contributed by atoms with Crippen LogP contribution < -0.4 is 16.0 Å². The van der Waals surface area contributed by atoms with Crippen LogP contribution in [0.4, 0.5) is 17.1 Å². The topological polar surface area (TPSA) is 58.4 Å². The molecule has 102 valence electrons. The zero-order chi connectivity index (χ0) is 14.1. The summed E-state index contributed by atoms with van der Waals surface area (Å²) in [4.78, 5) is 13.8. The quantitative estimate of drug-likeness (QED) is 0.893. The molecule has 4 nitrogen and oxygen atoms in total. The van der Waals surface area contributed by atoms with E-state index in [1.807, 2.05) is 47.4 Å². The number of benzene rings is 2. The van der Waals surface area contributed by atoms with E-state index >= 15 is 0 Å². The van der Waals surface area contributed by atoms with Gasteiger partial charge in [0.15, 0.2) is 0 Å². The zero-order valence-electron chi connectivity index (χ0n) is 10.8. The number of para-hydroxylation sites is 2. The van der Waals surface area contributed by atoms with Crippen molar-refractivity contribution in [1.29, 1.82) is 0 Å². The first kappa shape index (κ1) is 13.0. The number of rotatable bonds is 2. The van der Waals surface area contributed by atoms with Crippen molar-refractivity contribution in [2.45, 2.75) is 6.54 Å². The molecule has 0 unspecified atom stereocenters. The molecule has 3 rings (SSSR count). The predicted molar refractivity (Wildman–Crippen MR) is 81.4 cm³/mol. The van der Waals surface area contributed by atoms with Gasteiger partial charge in [0.05, 0.1) is 11.4 Å². The molecule has 0 aromatic heterocycles. The van der Waals surface area contributed by atoms with Crippen molar-refractivity contribution in [3.63, 3.8) is 0 Å². The number of carbonyl (C=O) groups excluding carboxylic acids is 1. The van der Waals surface area contributed by atoms with Crippen LogP contribution >= 0.6 is 11.6 Å². The second-order valence-electron chi connectivity index (χ2n) is 4.63. The van der Waals surface area contributed by atoms with Crippen LogP contribution in [0.2, 0.25) is 5.02 Å². The van der Waals surface area contributed by atoms with E-state index in [0.29, 0.717) is 11.6 Å². The number of nitrogens with zero attached hydrogens (tertiary/aromatic N) is 1. The van der Waals surface area contributed by atoms with Crippen molar-refractivity contribution < 1.29 is 4.79 Å². The van der Waals surface area contributed by atoms with E-state index in [1.165, 1.54) is 0 Å². The molecule has 0 spiro atoms. The molecule has 0 atom stereocenters. The molecular weight excluding hydrogens is 274 g/mol. The van der Waals surface area contributed by atoms with Gasteiger partial charge in [-0.25, -0.2) is 0 Å². The summed E-state index contributed by atoms with van der Waals surface area (Å²) in [5, 5.41) is 3.49. The smallest absolute Gasteiger partial charge is 0.244 e. The molecule has 1 amide bonds. The summed E-state index contributed by atoms with van der Waals surface area (Å²) in [6.07, 6.45) is 0. The van der Waals surface area contributed by atoms with E-state index in [1.54, 1.807) is 0 Å². The van der Waals surface area contributed by atoms with Gasteiger partial charge in [0.1, 0.15) is 6.54 Å². The Morgan fingerprint density at radius 2 is 2.00 bits per heavy atom. The van der Waals surface area contributed by atoms with E-state index in [-0.39, 0.29) is 12.5 Å². The van der Waals surface area contributed by atoms with Crippen LogP contribution in [-0.2, 0) is 11.3 Å². The van der Waals surface area contributed by atoms with E-state index in [9.17, 15) is 4.79 Å². The SMILES string of the molecule is NCc1ccc(Cl)cc1N1CC(=O)Nc2ccccc21. The molecule has 1 aliphatic rings. The Bertz CT molecular complexity index is 672. The van der Waals surface area contributed by atoms with Crippen molar-refractivity contribution in [2.24, 2.45) is 5.73 Å². The molecule has 1 heterocycles. The van der Waals surface area contributed by atoms with Crippen molar-refractivity contribution >= 4 is 34.6 Å². The van der Waals surface area contributed by atoms with Gasteiger partial charge in [0, 0.05) is 17.3 Å². The monoisotopic (exact) mass is 287 g/mol. The summed E-state index contributed by atoms with van der Waals surface area (Å²) in [6, 6.07) is 13.2. The number of anilines is 3. The highest BCUT2D eigenvalue weighted by molar-refractivity contribution is 6.31. The Labute approximate surface area is 122 Å². The molecule has 0 saturated carbocycles. The van der Waals surface area contributed by atoms with Crippen molar-refractivity contribution in [2.75, 3.05) is 16.8 Å². The average Bonchev–Trinajstić information content (AvgIpc) is 2.46. The number of hydrogen-bond acceptors (Lipinski definition) is 3. The lowest BCUT2D eigenvalue weighted by Crippen LogP contribution is -2.35. The first-order chi connectivity index (χ1) is 9.69. The number of amides is 1. The van der Waals surface area contributed by atoms with Gasteiger partial charge in [-0.1, -0.05) is 29.8 Å². The molecule has 1 aliphatic heterocycles. The molecule has 0 aliphatic carbocycles. The molecule has 3 N–H and O–H groups in total. The highest BCUT2D eigenvalue weighted by Crippen LogP contribution is 2.37. The highest BCUT2D eigenvalue weighted by atomic mass is 35.5. The zero-order valence-corrected chi connectivity index (χ0v) is 11.5. The Hall–Kier alpha value is -2.04. The minimum atomic E-state index is -0.0494. The molecule has 0 fully saturated rings. The maximum Gasteiger partial charge on any atom is 0.244 e. The first-order valence-corrected chi connectivity index (χ1v) is 6.72. The maximum absolute atomic E-state index is 11.9. The van der Waals surface area contributed by atoms with Gasteiger partial charge in [-0.05, 0) is 29.8 Å². The summed E-state index contributed by atoms with van der Waals surface area (Å²) in [5.74, 6) is -0.0494. The normalized spacial score (nSPS) is 13.9. The predicted octanol–water partition coefficient (Wildman–Crippen LogP) is 2.89. The largest absolute Gasteiger partial charge is 0.330 e. The second kappa shape index (κ2) is 5.15. The van der Waals surface area contributed by atoms with Gasteiger partial charge in [0.25, 0.3) is 0 Å². The van der Waals surface area contributed by atoms with Crippen LogP contribution in [0.25, 0.3) is 0 Å². The van der Waals surface area contributed by atoms with Crippen molar-refractivity contribution in [3.05, 3.63) is 53.1 Å². The summed E-state index contributed by atoms with van der Waals surface area (Å²) >= 11 is 6.09. The lowest BCUT2D eigenvalue weighted by atomic mass is 10.1. The molecule has 2 aromatic rings. The summed E-state index contributed by atoms with van der Waals surface area (Å²) < 4.78 is 0. The van der Waals surface area contributed by atoms with E-state index < -0.39 is 0 Å². The van der Waals surface area contributed by atoms with Crippen LogP contribution in [0.5, 0.6) is 0 Å². The van der Waals surface area contributed by atoms with E-state index in [2.05, 4.69) is 5.32 Å². The number of nitrogens with one attached hydrogen (secondary N) is 1. The fraction of sp³-hybridized carbons (Fsp3) is 0.133. The van der Waals surface area contributed by atoms with Crippen LogP contribution in [0.1, 0.15) is 5.56 Å². The Kier molecular flexibility index (Phi) is 3.34. The molecule has 5 heteroatoms. The van der Waals surface area contributed by atoms with Gasteiger partial charge < -0.3 is 16.0 Å². The van der Waals surface area contributed by atoms with Gasteiger partial charge in [0.2, 0.25) is 5.91 Å². The Balaban J connectivity index is 2.15. The third-order valence-electron chi connectivity index (χ3n) is 3.33. The third kappa shape index (κ3) is 2.24. The number of halogens is 1. The average molecular weight is 288 g/mol. The lowest BCUT2D eigenvalue weighted by Gasteiger charge is -2.32. The van der Waals surface area contributed by atoms with Crippen molar-refractivity contribution in [3.8, 4) is 0 Å². The lowest BCUT2D eigenvalue weighted by molar-refractivity contribution is -0.115.